The van der Waals surface area contributed by atoms with E-state index in [0.717, 1.165) is 25.0 Å². The van der Waals surface area contributed by atoms with E-state index in [1.54, 1.807) is 19.0 Å². The van der Waals surface area contributed by atoms with Gasteiger partial charge in [0.2, 0.25) is 5.91 Å². The summed E-state index contributed by atoms with van der Waals surface area (Å²) in [6.07, 6.45) is 7.49. The van der Waals surface area contributed by atoms with Crippen LogP contribution in [0.15, 0.2) is 4.99 Å². The van der Waals surface area contributed by atoms with Crippen molar-refractivity contribution in [3.63, 3.8) is 0 Å². The van der Waals surface area contributed by atoms with Gasteiger partial charge in [0, 0.05) is 33.2 Å². The molecule has 5 nitrogen and oxygen atoms in total. The van der Waals surface area contributed by atoms with E-state index in [0.29, 0.717) is 6.04 Å². The molecule has 2 aliphatic rings. The maximum Gasteiger partial charge on any atom is 0.243 e. The second-order valence-electron chi connectivity index (χ2n) is 6.72. The number of likely N-dealkylation sites (N-methyl/N-ethyl adjacent to an activating group) is 1. The number of guanidine groups is 1. The zero-order valence-corrected chi connectivity index (χ0v) is 13.8. The molecule has 0 aromatic rings. The molecule has 1 N–H and O–H groups in total. The highest BCUT2D eigenvalue weighted by Crippen LogP contribution is 2.20. The fourth-order valence-electron chi connectivity index (χ4n) is 2.99. The van der Waals surface area contributed by atoms with E-state index in [1.165, 1.54) is 38.5 Å². The van der Waals surface area contributed by atoms with Gasteiger partial charge in [0.15, 0.2) is 5.96 Å². The van der Waals surface area contributed by atoms with Crippen LogP contribution in [0.5, 0.6) is 0 Å². The lowest BCUT2D eigenvalue weighted by atomic mass is 9.99. The summed E-state index contributed by atoms with van der Waals surface area (Å²) in [6.45, 7) is 4.66. The van der Waals surface area contributed by atoms with Crippen LogP contribution < -0.4 is 5.32 Å². The van der Waals surface area contributed by atoms with Crippen molar-refractivity contribution in [1.29, 1.82) is 0 Å². The number of likely N-dealkylation sites (tertiary alicyclic amines) is 1. The van der Waals surface area contributed by atoms with Gasteiger partial charge < -0.3 is 15.1 Å². The van der Waals surface area contributed by atoms with E-state index in [2.05, 4.69) is 22.1 Å². The summed E-state index contributed by atoms with van der Waals surface area (Å²) in [7, 11) is 3.56. The molecule has 0 aromatic heterocycles. The number of carbonyl (C=O) groups is 1. The lowest BCUT2D eigenvalue weighted by Crippen LogP contribution is -2.48. The summed E-state index contributed by atoms with van der Waals surface area (Å²) in [4.78, 5) is 20.3. The molecule has 1 amide bonds. The Bertz CT molecular complexity index is 366. The molecule has 120 valence electrons. The van der Waals surface area contributed by atoms with E-state index in [1.807, 2.05) is 0 Å². The minimum Gasteiger partial charge on any atom is -0.353 e. The summed E-state index contributed by atoms with van der Waals surface area (Å²) >= 11 is 0. The van der Waals surface area contributed by atoms with Crippen molar-refractivity contribution in [3.05, 3.63) is 0 Å². The van der Waals surface area contributed by atoms with E-state index >= 15 is 0 Å². The van der Waals surface area contributed by atoms with Crippen LogP contribution in [0.3, 0.4) is 0 Å². The molecule has 2 fully saturated rings. The monoisotopic (exact) mass is 294 g/mol. The molecule has 5 heteroatoms. The van der Waals surface area contributed by atoms with Crippen molar-refractivity contribution >= 4 is 11.9 Å². The number of nitrogens with one attached hydrogen (secondary N) is 1. The second-order valence-corrected chi connectivity index (χ2v) is 6.72. The highest BCUT2D eigenvalue weighted by Gasteiger charge is 2.23. The van der Waals surface area contributed by atoms with Crippen molar-refractivity contribution in [1.82, 2.24) is 15.1 Å². The summed E-state index contributed by atoms with van der Waals surface area (Å²) < 4.78 is 0. The van der Waals surface area contributed by atoms with Crippen molar-refractivity contribution in [3.8, 4) is 0 Å². The summed E-state index contributed by atoms with van der Waals surface area (Å²) in [5.41, 5.74) is 0. The Kier molecular flexibility index (Phi) is 5.88. The third kappa shape index (κ3) is 4.90. The van der Waals surface area contributed by atoms with E-state index in [-0.39, 0.29) is 12.5 Å². The van der Waals surface area contributed by atoms with Gasteiger partial charge in [0.25, 0.3) is 0 Å². The van der Waals surface area contributed by atoms with Crippen molar-refractivity contribution in [2.24, 2.45) is 10.9 Å². The molecule has 1 aliphatic heterocycles. The average molecular weight is 294 g/mol. The fourth-order valence-corrected chi connectivity index (χ4v) is 2.99. The van der Waals surface area contributed by atoms with Crippen molar-refractivity contribution in [2.45, 2.75) is 51.5 Å². The number of hydrogen-bond donors (Lipinski definition) is 1. The lowest BCUT2D eigenvalue weighted by molar-refractivity contribution is -0.127. The number of aliphatic imine (C=N–C) groups is 1. The zero-order chi connectivity index (χ0) is 15.2. The number of carbonyl (C=O) groups excluding carboxylic acids is 1. The molecule has 2 rings (SSSR count). The number of piperidine rings is 1. The summed E-state index contributed by atoms with van der Waals surface area (Å²) in [5, 5.41) is 3.60. The molecule has 0 aromatic carbocycles. The molecule has 21 heavy (non-hydrogen) atoms. The third-order valence-corrected chi connectivity index (χ3v) is 4.63. The largest absolute Gasteiger partial charge is 0.353 e. The van der Waals surface area contributed by atoms with Gasteiger partial charge in [-0.05, 0) is 31.6 Å². The first-order valence-corrected chi connectivity index (χ1v) is 8.32. The van der Waals surface area contributed by atoms with E-state index < -0.39 is 0 Å². The van der Waals surface area contributed by atoms with Gasteiger partial charge in [-0.2, -0.15) is 0 Å². The van der Waals surface area contributed by atoms with Gasteiger partial charge in [0.05, 0.1) is 0 Å². The van der Waals surface area contributed by atoms with Gasteiger partial charge in [0.1, 0.15) is 6.54 Å². The fraction of sp³-hybridized carbons (Fsp3) is 0.875. The number of amides is 1. The molecule has 0 unspecified atom stereocenters. The minimum atomic E-state index is 0.0612. The first-order valence-electron chi connectivity index (χ1n) is 8.32. The predicted octanol–water partition coefficient (Wildman–Crippen LogP) is 1.69. The van der Waals surface area contributed by atoms with Gasteiger partial charge in [-0.3, -0.25) is 4.79 Å². The Labute approximate surface area is 128 Å². The van der Waals surface area contributed by atoms with Crippen molar-refractivity contribution in [2.75, 3.05) is 33.7 Å². The maximum atomic E-state index is 11.8. The van der Waals surface area contributed by atoms with Gasteiger partial charge in [-0.15, -0.1) is 0 Å². The van der Waals surface area contributed by atoms with Gasteiger partial charge >= 0.3 is 0 Å². The Morgan fingerprint density at radius 3 is 2.38 bits per heavy atom. The van der Waals surface area contributed by atoms with Crippen LogP contribution in [0, 0.1) is 5.92 Å². The van der Waals surface area contributed by atoms with Crippen LogP contribution in [-0.2, 0) is 4.79 Å². The quantitative estimate of drug-likeness (QED) is 0.636. The van der Waals surface area contributed by atoms with Gasteiger partial charge in [-0.25, -0.2) is 4.99 Å². The van der Waals surface area contributed by atoms with Crippen LogP contribution in [0.2, 0.25) is 0 Å². The van der Waals surface area contributed by atoms with Crippen LogP contribution >= 0.6 is 0 Å². The summed E-state index contributed by atoms with van der Waals surface area (Å²) in [6, 6.07) is 0.539. The third-order valence-electron chi connectivity index (χ3n) is 4.63. The standard InChI is InChI=1S/C16H30N4O/c1-13-8-10-20(11-9-13)16(17-12-15(21)19(2)3)18-14-6-4-5-7-14/h13-14H,4-12H2,1-3H3,(H,17,18). The smallest absolute Gasteiger partial charge is 0.243 e. The molecular weight excluding hydrogens is 264 g/mol. The molecule has 0 radical (unpaired) electrons. The molecule has 0 bridgehead atoms. The molecule has 1 aliphatic carbocycles. The molecule has 1 saturated carbocycles. The highest BCUT2D eigenvalue weighted by atomic mass is 16.2. The van der Waals surface area contributed by atoms with Crippen LogP contribution in [0.4, 0.5) is 0 Å². The van der Waals surface area contributed by atoms with Crippen molar-refractivity contribution < 1.29 is 4.79 Å². The lowest BCUT2D eigenvalue weighted by Gasteiger charge is -2.34. The zero-order valence-electron chi connectivity index (χ0n) is 13.8. The van der Waals surface area contributed by atoms with E-state index in [4.69, 9.17) is 0 Å². The first kappa shape index (κ1) is 16.1. The van der Waals surface area contributed by atoms with Crippen LogP contribution in [0.25, 0.3) is 0 Å². The van der Waals surface area contributed by atoms with Crippen LogP contribution in [-0.4, -0.2) is 61.4 Å². The molecule has 1 heterocycles. The Balaban J connectivity index is 1.98. The number of nitrogens with zero attached hydrogens (tertiary/aromatic N) is 3. The average Bonchev–Trinajstić information content (AvgIpc) is 2.97. The molecule has 1 saturated heterocycles. The molecular formula is C16H30N4O. The Morgan fingerprint density at radius 1 is 1.19 bits per heavy atom. The van der Waals surface area contributed by atoms with Gasteiger partial charge in [-0.1, -0.05) is 19.8 Å². The Morgan fingerprint density at radius 2 is 1.81 bits per heavy atom. The highest BCUT2D eigenvalue weighted by molar-refractivity contribution is 5.85. The Hall–Kier alpha value is -1.26. The van der Waals surface area contributed by atoms with Crippen LogP contribution in [0.1, 0.15) is 45.4 Å². The SMILES string of the molecule is CC1CCN(C(=NCC(=O)N(C)C)NC2CCCC2)CC1. The number of hydrogen-bond acceptors (Lipinski definition) is 2. The molecule has 0 spiro atoms. The molecule has 0 atom stereocenters. The van der Waals surface area contributed by atoms with E-state index in [9.17, 15) is 4.79 Å². The topological polar surface area (TPSA) is 47.9 Å². The minimum absolute atomic E-state index is 0.0612. The summed E-state index contributed by atoms with van der Waals surface area (Å²) in [5.74, 6) is 1.81. The second kappa shape index (κ2) is 7.66. The first-order chi connectivity index (χ1) is 10.1. The predicted molar refractivity (Wildman–Crippen MR) is 86.4 cm³/mol. The maximum absolute atomic E-state index is 11.8. The number of rotatable bonds is 3. The normalized spacial score (nSPS) is 21.7.